The molecular weight excluding hydrogens is 247 g/mol. The van der Waals surface area contributed by atoms with Crippen LogP contribution >= 0.6 is 12.2 Å². The van der Waals surface area contributed by atoms with Crippen molar-refractivity contribution in [1.82, 2.24) is 4.90 Å². The van der Waals surface area contributed by atoms with Crippen LogP contribution in [0.4, 0.5) is 4.39 Å². The van der Waals surface area contributed by atoms with Crippen molar-refractivity contribution in [1.29, 1.82) is 0 Å². The quantitative estimate of drug-likeness (QED) is 0.850. The number of hydrogen-bond acceptors (Lipinski definition) is 2. The summed E-state index contributed by atoms with van der Waals surface area (Å²) in [7, 11) is 2.11. The third-order valence-corrected chi connectivity index (χ3v) is 3.93. The van der Waals surface area contributed by atoms with Crippen LogP contribution < -0.4 is 5.73 Å². The van der Waals surface area contributed by atoms with Gasteiger partial charge in [-0.3, -0.25) is 4.90 Å². The van der Waals surface area contributed by atoms with Crippen molar-refractivity contribution in [3.8, 4) is 0 Å². The minimum Gasteiger partial charge on any atom is -0.389 e. The molecule has 0 aromatic heterocycles. The van der Waals surface area contributed by atoms with E-state index in [1.54, 1.807) is 6.07 Å². The standard InChI is InChI=1S/C14H19FN2S/c1-17(12-4-2-3-5-12)9-10-6-7-11(15)8-13(10)14(16)18/h6-8,12H,2-5,9H2,1H3,(H2,16,18). The van der Waals surface area contributed by atoms with Crippen molar-refractivity contribution in [2.75, 3.05) is 7.05 Å². The van der Waals surface area contributed by atoms with Gasteiger partial charge in [-0.05, 0) is 37.6 Å². The molecule has 1 aromatic rings. The molecule has 1 aliphatic rings. The van der Waals surface area contributed by atoms with E-state index in [0.717, 1.165) is 12.1 Å². The second-order valence-electron chi connectivity index (χ2n) is 5.02. The maximum Gasteiger partial charge on any atom is 0.123 e. The van der Waals surface area contributed by atoms with Crippen LogP contribution in [0.1, 0.15) is 36.8 Å². The first-order valence-electron chi connectivity index (χ1n) is 6.36. The molecular formula is C14H19FN2S. The monoisotopic (exact) mass is 266 g/mol. The zero-order valence-corrected chi connectivity index (χ0v) is 11.5. The first-order valence-corrected chi connectivity index (χ1v) is 6.77. The average Bonchev–Trinajstić information content (AvgIpc) is 2.84. The Morgan fingerprint density at radius 3 is 2.72 bits per heavy atom. The van der Waals surface area contributed by atoms with Crippen LogP contribution in [0, 0.1) is 5.82 Å². The molecule has 1 aliphatic carbocycles. The second-order valence-corrected chi connectivity index (χ2v) is 5.46. The molecule has 0 bridgehead atoms. The lowest BCUT2D eigenvalue weighted by molar-refractivity contribution is 0.237. The summed E-state index contributed by atoms with van der Waals surface area (Å²) in [5.74, 6) is -0.287. The Bertz CT molecular complexity index is 441. The molecule has 1 fully saturated rings. The van der Waals surface area contributed by atoms with Crippen molar-refractivity contribution < 1.29 is 4.39 Å². The van der Waals surface area contributed by atoms with Crippen LogP contribution in [0.2, 0.25) is 0 Å². The highest BCUT2D eigenvalue weighted by Crippen LogP contribution is 2.24. The average molecular weight is 266 g/mol. The highest BCUT2D eigenvalue weighted by Gasteiger charge is 2.20. The predicted molar refractivity (Wildman–Crippen MR) is 76.0 cm³/mol. The summed E-state index contributed by atoms with van der Waals surface area (Å²) >= 11 is 4.99. The topological polar surface area (TPSA) is 29.3 Å². The molecule has 0 saturated heterocycles. The molecule has 1 saturated carbocycles. The molecule has 2 nitrogen and oxygen atoms in total. The van der Waals surface area contributed by atoms with E-state index in [9.17, 15) is 4.39 Å². The summed E-state index contributed by atoms with van der Waals surface area (Å²) in [5, 5.41) is 0. The molecule has 18 heavy (non-hydrogen) atoms. The molecule has 2 rings (SSSR count). The summed E-state index contributed by atoms with van der Waals surface area (Å²) in [6.07, 6.45) is 5.11. The Hall–Kier alpha value is -1.00. The number of benzene rings is 1. The van der Waals surface area contributed by atoms with Crippen molar-refractivity contribution in [3.63, 3.8) is 0 Å². The second kappa shape index (κ2) is 5.76. The molecule has 0 heterocycles. The Balaban J connectivity index is 2.15. The fourth-order valence-electron chi connectivity index (χ4n) is 2.66. The number of hydrogen-bond donors (Lipinski definition) is 1. The van der Waals surface area contributed by atoms with E-state index in [4.69, 9.17) is 18.0 Å². The van der Waals surface area contributed by atoms with Crippen molar-refractivity contribution in [2.45, 2.75) is 38.3 Å². The molecule has 2 N–H and O–H groups in total. The van der Waals surface area contributed by atoms with Gasteiger partial charge in [0.2, 0.25) is 0 Å². The van der Waals surface area contributed by atoms with Gasteiger partial charge in [0.15, 0.2) is 0 Å². The first-order chi connectivity index (χ1) is 8.58. The fourth-order valence-corrected chi connectivity index (χ4v) is 2.85. The van der Waals surface area contributed by atoms with Gasteiger partial charge in [-0.1, -0.05) is 31.1 Å². The smallest absolute Gasteiger partial charge is 0.123 e. The zero-order valence-electron chi connectivity index (χ0n) is 10.7. The van der Waals surface area contributed by atoms with Crippen molar-refractivity contribution >= 4 is 17.2 Å². The minimum absolute atomic E-state index is 0.268. The Morgan fingerprint density at radius 2 is 2.11 bits per heavy atom. The number of halogens is 1. The van der Waals surface area contributed by atoms with E-state index in [1.165, 1.54) is 37.8 Å². The van der Waals surface area contributed by atoms with Crippen LogP contribution in [-0.2, 0) is 6.54 Å². The van der Waals surface area contributed by atoms with E-state index in [2.05, 4.69) is 11.9 Å². The van der Waals surface area contributed by atoms with Gasteiger partial charge in [-0.15, -0.1) is 0 Å². The molecule has 0 spiro atoms. The number of rotatable bonds is 4. The van der Waals surface area contributed by atoms with Gasteiger partial charge in [0.25, 0.3) is 0 Å². The van der Waals surface area contributed by atoms with E-state index in [-0.39, 0.29) is 10.8 Å². The highest BCUT2D eigenvalue weighted by molar-refractivity contribution is 7.80. The number of thiocarbonyl (C=S) groups is 1. The maximum absolute atomic E-state index is 13.2. The van der Waals surface area contributed by atoms with Gasteiger partial charge in [-0.2, -0.15) is 0 Å². The molecule has 0 atom stereocenters. The summed E-state index contributed by atoms with van der Waals surface area (Å²) in [5.41, 5.74) is 7.33. The van der Waals surface area contributed by atoms with Crippen LogP contribution in [0.25, 0.3) is 0 Å². The highest BCUT2D eigenvalue weighted by atomic mass is 32.1. The molecule has 0 amide bonds. The maximum atomic E-state index is 13.2. The van der Waals surface area contributed by atoms with Crippen LogP contribution in [0.15, 0.2) is 18.2 Å². The van der Waals surface area contributed by atoms with E-state index < -0.39 is 0 Å². The van der Waals surface area contributed by atoms with Crippen LogP contribution in [0.5, 0.6) is 0 Å². The SMILES string of the molecule is CN(Cc1ccc(F)cc1C(N)=S)C1CCCC1. The molecule has 1 aromatic carbocycles. The van der Waals surface area contributed by atoms with Crippen LogP contribution in [0.3, 0.4) is 0 Å². The molecule has 4 heteroatoms. The first kappa shape index (κ1) is 13.4. The van der Waals surface area contributed by atoms with Gasteiger partial charge in [0.05, 0.1) is 0 Å². The molecule has 0 unspecified atom stereocenters. The lowest BCUT2D eigenvalue weighted by atomic mass is 10.1. The number of nitrogens with zero attached hydrogens (tertiary/aromatic N) is 1. The number of nitrogens with two attached hydrogens (primary N) is 1. The van der Waals surface area contributed by atoms with E-state index in [0.29, 0.717) is 11.6 Å². The van der Waals surface area contributed by atoms with Gasteiger partial charge in [0, 0.05) is 18.2 Å². The van der Waals surface area contributed by atoms with Crippen LogP contribution in [-0.4, -0.2) is 23.0 Å². The Labute approximate surface area is 113 Å². The molecule has 0 aliphatic heterocycles. The van der Waals surface area contributed by atoms with Gasteiger partial charge in [0.1, 0.15) is 10.8 Å². The van der Waals surface area contributed by atoms with E-state index in [1.807, 2.05) is 0 Å². The Kier molecular flexibility index (Phi) is 4.30. The zero-order chi connectivity index (χ0) is 13.1. The predicted octanol–water partition coefficient (Wildman–Crippen LogP) is 2.83. The molecule has 0 radical (unpaired) electrons. The fraction of sp³-hybridized carbons (Fsp3) is 0.500. The van der Waals surface area contributed by atoms with Crippen molar-refractivity contribution in [3.05, 3.63) is 35.1 Å². The summed E-state index contributed by atoms with van der Waals surface area (Å²) in [6, 6.07) is 5.32. The lowest BCUT2D eigenvalue weighted by Crippen LogP contribution is -2.29. The van der Waals surface area contributed by atoms with Gasteiger partial charge < -0.3 is 5.73 Å². The normalized spacial score (nSPS) is 16.4. The largest absolute Gasteiger partial charge is 0.389 e. The van der Waals surface area contributed by atoms with Gasteiger partial charge in [-0.25, -0.2) is 4.39 Å². The summed E-state index contributed by atoms with van der Waals surface area (Å²) in [6.45, 7) is 0.775. The van der Waals surface area contributed by atoms with E-state index >= 15 is 0 Å². The lowest BCUT2D eigenvalue weighted by Gasteiger charge is -2.25. The molecule has 98 valence electrons. The minimum atomic E-state index is -0.287. The van der Waals surface area contributed by atoms with Gasteiger partial charge >= 0.3 is 0 Å². The summed E-state index contributed by atoms with van der Waals surface area (Å²) < 4.78 is 13.2. The summed E-state index contributed by atoms with van der Waals surface area (Å²) in [4.78, 5) is 2.59. The third kappa shape index (κ3) is 3.06. The Morgan fingerprint density at radius 1 is 1.44 bits per heavy atom. The van der Waals surface area contributed by atoms with Crippen molar-refractivity contribution in [2.24, 2.45) is 5.73 Å². The third-order valence-electron chi connectivity index (χ3n) is 3.71.